The fraction of sp³-hybridized carbons (Fsp3) is 1.00. The Morgan fingerprint density at radius 1 is 0.321 bits per heavy atom. The summed E-state index contributed by atoms with van der Waals surface area (Å²) in [7, 11) is 0. The summed E-state index contributed by atoms with van der Waals surface area (Å²) in [5.74, 6) is 6.12. The number of rotatable bonds is 0. The molecule has 28 heavy (non-hydrogen) atoms. The van der Waals surface area contributed by atoms with Gasteiger partial charge in [0, 0.05) is 1.43 Å². The van der Waals surface area contributed by atoms with Gasteiger partial charge in [0.2, 0.25) is 0 Å². The normalized spacial score (nSPS) is 34.1. The van der Waals surface area contributed by atoms with E-state index in [2.05, 4.69) is 41.5 Å². The lowest BCUT2D eigenvalue weighted by atomic mass is 9.84. The molecule has 0 atom stereocenters. The molecule has 0 radical (unpaired) electrons. The third-order valence-corrected chi connectivity index (χ3v) is 6.91. The van der Waals surface area contributed by atoms with E-state index < -0.39 is 0 Å². The highest BCUT2D eigenvalue weighted by molar-refractivity contribution is 4.67. The Morgan fingerprint density at radius 2 is 0.393 bits per heavy atom. The minimum absolute atomic E-state index is 0. The van der Waals surface area contributed by atoms with Gasteiger partial charge < -0.3 is 5.48 Å². The van der Waals surface area contributed by atoms with Gasteiger partial charge in [-0.3, -0.25) is 0 Å². The molecule has 0 bridgehead atoms. The quantitative estimate of drug-likeness (QED) is 0.384. The van der Waals surface area contributed by atoms with Crippen molar-refractivity contribution in [3.8, 4) is 0 Å². The molecule has 0 aliphatic heterocycles. The third-order valence-electron chi connectivity index (χ3n) is 6.91. The highest BCUT2D eigenvalue weighted by atomic mass is 16.0. The third kappa shape index (κ3) is 18.0. The average molecular weight is 405 g/mol. The molecule has 0 saturated heterocycles. The van der Waals surface area contributed by atoms with Crippen molar-refractivity contribution < 1.29 is 6.90 Å². The van der Waals surface area contributed by atoms with E-state index in [-0.39, 0.29) is 29.2 Å². The summed E-state index contributed by atoms with van der Waals surface area (Å²) < 4.78 is 0. The average Bonchev–Trinajstić information content (AvgIpc) is 2.57. The largest absolute Gasteiger partial charge is 0.412 e. The molecular formula is C27H64O. The molecule has 1 nitrogen and oxygen atoms in total. The topological polar surface area (TPSA) is 31.5 Å². The van der Waals surface area contributed by atoms with Gasteiger partial charge in [-0.15, -0.1) is 0 Å². The van der Waals surface area contributed by atoms with Crippen molar-refractivity contribution in [1.82, 2.24) is 0 Å². The Bertz CT molecular complexity index is 205. The summed E-state index contributed by atoms with van der Waals surface area (Å²) in [5, 5.41) is 0. The SMILES string of the molecule is C.C.C.CC1CCC(C)CC1.CC1CCC(C)CC1.CC1CCC(C)CC1.O.[HH]. The Labute approximate surface area is 183 Å². The van der Waals surface area contributed by atoms with Crippen LogP contribution in [-0.4, -0.2) is 5.48 Å². The summed E-state index contributed by atoms with van der Waals surface area (Å²) >= 11 is 0. The fourth-order valence-electron chi connectivity index (χ4n) is 4.28. The van der Waals surface area contributed by atoms with E-state index in [4.69, 9.17) is 0 Å². The summed E-state index contributed by atoms with van der Waals surface area (Å²) in [5.41, 5.74) is 0. The van der Waals surface area contributed by atoms with Crippen molar-refractivity contribution >= 4 is 0 Å². The van der Waals surface area contributed by atoms with Gasteiger partial charge in [-0.2, -0.15) is 0 Å². The monoisotopic (exact) mass is 404 g/mol. The van der Waals surface area contributed by atoms with Crippen molar-refractivity contribution in [2.45, 2.75) is 141 Å². The molecule has 0 aromatic rings. The molecule has 3 rings (SSSR count). The zero-order valence-electron chi connectivity index (χ0n) is 18.4. The summed E-state index contributed by atoms with van der Waals surface area (Å²) in [6.07, 6.45) is 17.7. The van der Waals surface area contributed by atoms with E-state index in [1.54, 1.807) is 0 Å². The molecule has 2 N–H and O–H groups in total. The standard InChI is InChI=1S/3C8H16.3CH4.H2O.H2/c3*1-7-3-5-8(2)6-4-7;;;;;/h3*7-8H,3-6H2,1-2H3;3*1H4;1H2;1H. The van der Waals surface area contributed by atoms with E-state index in [9.17, 15) is 0 Å². The maximum absolute atomic E-state index is 2.37. The van der Waals surface area contributed by atoms with Gasteiger partial charge in [0.05, 0.1) is 0 Å². The lowest BCUT2D eigenvalue weighted by molar-refractivity contribution is 0.308. The van der Waals surface area contributed by atoms with Crippen LogP contribution in [0.15, 0.2) is 0 Å². The van der Waals surface area contributed by atoms with E-state index in [0.717, 1.165) is 35.5 Å². The fourth-order valence-corrected chi connectivity index (χ4v) is 4.28. The van der Waals surface area contributed by atoms with E-state index in [0.29, 0.717) is 0 Å². The molecule has 0 heterocycles. The van der Waals surface area contributed by atoms with Crippen LogP contribution in [0, 0.1) is 35.5 Å². The van der Waals surface area contributed by atoms with Crippen LogP contribution in [0.5, 0.6) is 0 Å². The second-order valence-electron chi connectivity index (χ2n) is 10.1. The summed E-state index contributed by atoms with van der Waals surface area (Å²) in [4.78, 5) is 0. The molecule has 0 aromatic carbocycles. The van der Waals surface area contributed by atoms with Crippen molar-refractivity contribution in [1.29, 1.82) is 0 Å². The molecule has 178 valence electrons. The highest BCUT2D eigenvalue weighted by Gasteiger charge is 2.14. The number of hydrogen-bond acceptors (Lipinski definition) is 0. The van der Waals surface area contributed by atoms with E-state index >= 15 is 0 Å². The first-order valence-electron chi connectivity index (χ1n) is 11.4. The smallest absolute Gasteiger partial charge is 0 e. The van der Waals surface area contributed by atoms with Gasteiger partial charge in [0.1, 0.15) is 0 Å². The first-order chi connectivity index (χ1) is 11.4. The molecule has 0 aromatic heterocycles. The van der Waals surface area contributed by atoms with Gasteiger partial charge in [-0.1, -0.05) is 141 Å². The van der Waals surface area contributed by atoms with Gasteiger partial charge in [-0.25, -0.2) is 0 Å². The van der Waals surface area contributed by atoms with Crippen molar-refractivity contribution in [2.75, 3.05) is 0 Å². The molecule has 0 unspecified atom stereocenters. The predicted octanol–water partition coefficient (Wildman–Crippen LogP) is 9.83. The van der Waals surface area contributed by atoms with Gasteiger partial charge in [-0.05, 0) is 35.5 Å². The van der Waals surface area contributed by atoms with Crippen molar-refractivity contribution in [2.24, 2.45) is 35.5 Å². The Hall–Kier alpha value is -0.0400. The molecule has 3 fully saturated rings. The van der Waals surface area contributed by atoms with Gasteiger partial charge in [0.15, 0.2) is 0 Å². The van der Waals surface area contributed by atoms with Crippen LogP contribution in [0.4, 0.5) is 0 Å². The molecule has 0 amide bonds. The zero-order chi connectivity index (χ0) is 17.9. The van der Waals surface area contributed by atoms with Crippen molar-refractivity contribution in [3.05, 3.63) is 0 Å². The van der Waals surface area contributed by atoms with Gasteiger partial charge in [0.25, 0.3) is 0 Å². The van der Waals surface area contributed by atoms with Crippen LogP contribution in [-0.2, 0) is 0 Å². The molecule has 0 spiro atoms. The van der Waals surface area contributed by atoms with Crippen LogP contribution in [0.3, 0.4) is 0 Å². The van der Waals surface area contributed by atoms with Crippen LogP contribution >= 0.6 is 0 Å². The van der Waals surface area contributed by atoms with Crippen LogP contribution in [0.25, 0.3) is 0 Å². The number of hydrogen-bond donors (Lipinski definition) is 0. The minimum Gasteiger partial charge on any atom is -0.412 e. The molecule has 3 aliphatic rings. The van der Waals surface area contributed by atoms with Crippen LogP contribution < -0.4 is 0 Å². The zero-order valence-corrected chi connectivity index (χ0v) is 18.4. The van der Waals surface area contributed by atoms with E-state index in [1.807, 2.05) is 0 Å². The van der Waals surface area contributed by atoms with Crippen LogP contribution in [0.1, 0.15) is 142 Å². The second-order valence-corrected chi connectivity index (χ2v) is 10.1. The lowest BCUT2D eigenvalue weighted by Gasteiger charge is -2.22. The molecule has 3 aliphatic carbocycles. The first kappa shape index (κ1) is 35.4. The second kappa shape index (κ2) is 20.2. The lowest BCUT2D eigenvalue weighted by Crippen LogP contribution is -2.08. The first-order valence-corrected chi connectivity index (χ1v) is 11.4. The maximum Gasteiger partial charge on any atom is 0 e. The minimum atomic E-state index is 0. The van der Waals surface area contributed by atoms with Crippen molar-refractivity contribution in [3.63, 3.8) is 0 Å². The Balaban J connectivity index is -0.0000000914. The summed E-state index contributed by atoms with van der Waals surface area (Å²) in [6, 6.07) is 0. The maximum atomic E-state index is 2.37. The molecular weight excluding hydrogens is 340 g/mol. The Morgan fingerprint density at radius 3 is 0.464 bits per heavy atom. The van der Waals surface area contributed by atoms with Gasteiger partial charge >= 0.3 is 0 Å². The predicted molar refractivity (Wildman–Crippen MR) is 136 cm³/mol. The Kier molecular flexibility index (Phi) is 25.6. The highest BCUT2D eigenvalue weighted by Crippen LogP contribution is 2.28. The molecule has 3 saturated carbocycles. The van der Waals surface area contributed by atoms with Crippen LogP contribution in [0.2, 0.25) is 0 Å². The molecule has 1 heteroatoms. The van der Waals surface area contributed by atoms with E-state index in [1.165, 1.54) is 77.0 Å². The summed E-state index contributed by atoms with van der Waals surface area (Å²) in [6.45, 7) is 14.2.